The molecule has 0 bridgehead atoms. The van der Waals surface area contributed by atoms with E-state index in [-0.39, 0.29) is 35.4 Å². The zero-order valence-corrected chi connectivity index (χ0v) is 13.2. The van der Waals surface area contributed by atoms with Crippen LogP contribution in [-0.4, -0.2) is 34.4 Å². The van der Waals surface area contributed by atoms with Crippen LogP contribution in [0.3, 0.4) is 0 Å². The average molecular weight is 367 g/mol. The lowest BCUT2D eigenvalue weighted by Gasteiger charge is -2.12. The van der Waals surface area contributed by atoms with Gasteiger partial charge < -0.3 is 10.4 Å². The maximum absolute atomic E-state index is 14.3. The Labute approximate surface area is 144 Å². The number of halogens is 4. The van der Waals surface area contributed by atoms with Gasteiger partial charge in [-0.2, -0.15) is 18.3 Å². The van der Waals surface area contributed by atoms with Crippen LogP contribution in [-0.2, 0) is 6.18 Å². The van der Waals surface area contributed by atoms with Gasteiger partial charge in [-0.25, -0.2) is 4.39 Å². The summed E-state index contributed by atoms with van der Waals surface area (Å²) in [4.78, 5) is 12.0. The number of hydrogen-bond acceptors (Lipinski definition) is 3. The van der Waals surface area contributed by atoms with Gasteiger partial charge in [0.05, 0.1) is 23.9 Å². The highest BCUT2D eigenvalue weighted by atomic mass is 19.4. The predicted octanol–water partition coefficient (Wildman–Crippen LogP) is 3.11. The van der Waals surface area contributed by atoms with Crippen LogP contribution < -0.4 is 5.32 Å². The Balaban J connectivity index is 2.17. The lowest BCUT2D eigenvalue weighted by molar-refractivity contribution is -0.137. The van der Waals surface area contributed by atoms with Crippen LogP contribution in [0.15, 0.2) is 36.5 Å². The molecule has 0 aliphatic heterocycles. The van der Waals surface area contributed by atoms with Crippen LogP contribution in [0.2, 0.25) is 0 Å². The van der Waals surface area contributed by atoms with E-state index in [4.69, 9.17) is 5.11 Å². The van der Waals surface area contributed by atoms with E-state index in [1.807, 2.05) is 0 Å². The van der Waals surface area contributed by atoms with Crippen molar-refractivity contribution in [1.82, 2.24) is 15.5 Å². The smallest absolute Gasteiger partial charge is 0.395 e. The number of rotatable bonds is 4. The Bertz CT molecular complexity index is 966. The molecule has 26 heavy (non-hydrogen) atoms. The number of aromatic amines is 1. The molecule has 0 atom stereocenters. The molecule has 0 unspecified atom stereocenters. The molecule has 2 aromatic carbocycles. The topological polar surface area (TPSA) is 78.0 Å². The molecule has 1 heterocycles. The van der Waals surface area contributed by atoms with Gasteiger partial charge in [-0.1, -0.05) is 0 Å². The lowest BCUT2D eigenvalue weighted by atomic mass is 9.96. The zero-order chi connectivity index (χ0) is 18.9. The maximum Gasteiger partial charge on any atom is 0.416 e. The predicted molar refractivity (Wildman–Crippen MR) is 85.9 cm³/mol. The molecule has 3 rings (SSSR count). The Hall–Kier alpha value is -2.94. The molecule has 1 amide bonds. The third-order valence-corrected chi connectivity index (χ3v) is 3.80. The largest absolute Gasteiger partial charge is 0.416 e. The monoisotopic (exact) mass is 367 g/mol. The van der Waals surface area contributed by atoms with Crippen molar-refractivity contribution >= 4 is 16.8 Å². The molecule has 5 nitrogen and oxygen atoms in total. The maximum atomic E-state index is 14.3. The third kappa shape index (κ3) is 3.38. The molecule has 0 radical (unpaired) electrons. The molecule has 1 aromatic heterocycles. The average Bonchev–Trinajstić information content (AvgIpc) is 3.07. The van der Waals surface area contributed by atoms with Gasteiger partial charge in [0.1, 0.15) is 5.82 Å². The fraction of sp³-hybridized carbons (Fsp3) is 0.176. The van der Waals surface area contributed by atoms with Crippen molar-refractivity contribution in [2.75, 3.05) is 13.2 Å². The number of carbonyl (C=O) groups is 1. The van der Waals surface area contributed by atoms with E-state index < -0.39 is 23.5 Å². The van der Waals surface area contributed by atoms with E-state index in [9.17, 15) is 22.4 Å². The number of aliphatic hydroxyl groups excluding tert-OH is 1. The molecule has 3 N–H and O–H groups in total. The summed E-state index contributed by atoms with van der Waals surface area (Å²) in [5.74, 6) is -1.35. The number of carbonyl (C=O) groups excluding carboxylic acids is 1. The second-order valence-electron chi connectivity index (χ2n) is 5.53. The summed E-state index contributed by atoms with van der Waals surface area (Å²) in [6.45, 7) is -0.274. The second-order valence-corrected chi connectivity index (χ2v) is 5.53. The molecule has 136 valence electrons. The number of alkyl halides is 3. The van der Waals surface area contributed by atoms with E-state index in [2.05, 4.69) is 15.5 Å². The lowest BCUT2D eigenvalue weighted by Crippen LogP contribution is -2.26. The minimum absolute atomic E-state index is 0.00107. The van der Waals surface area contributed by atoms with Crippen LogP contribution in [0.5, 0.6) is 0 Å². The van der Waals surface area contributed by atoms with Crippen LogP contribution in [0.4, 0.5) is 17.6 Å². The number of amides is 1. The van der Waals surface area contributed by atoms with Crippen molar-refractivity contribution in [3.05, 3.63) is 53.5 Å². The minimum atomic E-state index is -4.62. The molecule has 9 heteroatoms. The number of H-pyrrole nitrogens is 1. The Morgan fingerprint density at radius 1 is 1.19 bits per heavy atom. The number of fused-ring (bicyclic) bond motifs is 1. The Kier molecular flexibility index (Phi) is 4.64. The summed E-state index contributed by atoms with van der Waals surface area (Å²) in [5, 5.41) is 17.6. The molecule has 0 saturated heterocycles. The van der Waals surface area contributed by atoms with Crippen molar-refractivity contribution in [3.8, 4) is 11.1 Å². The highest BCUT2D eigenvalue weighted by Gasteiger charge is 2.32. The number of nitrogens with one attached hydrogen (secondary N) is 2. The first-order valence-electron chi connectivity index (χ1n) is 7.54. The molecular weight excluding hydrogens is 354 g/mol. The summed E-state index contributed by atoms with van der Waals surface area (Å²) >= 11 is 0. The van der Waals surface area contributed by atoms with E-state index in [1.165, 1.54) is 18.3 Å². The van der Waals surface area contributed by atoms with Gasteiger partial charge in [0.15, 0.2) is 0 Å². The number of aliphatic hydroxyl groups is 1. The van der Waals surface area contributed by atoms with Crippen LogP contribution in [0, 0.1) is 5.82 Å². The van der Waals surface area contributed by atoms with Gasteiger partial charge in [-0.15, -0.1) is 0 Å². The van der Waals surface area contributed by atoms with E-state index in [1.54, 1.807) is 0 Å². The first-order chi connectivity index (χ1) is 12.3. The number of nitrogens with zero attached hydrogens (tertiary/aromatic N) is 1. The van der Waals surface area contributed by atoms with Crippen molar-refractivity contribution < 1.29 is 27.5 Å². The molecule has 0 fully saturated rings. The van der Waals surface area contributed by atoms with Crippen LogP contribution in [0.25, 0.3) is 22.0 Å². The van der Waals surface area contributed by atoms with Crippen molar-refractivity contribution in [3.63, 3.8) is 0 Å². The van der Waals surface area contributed by atoms with Crippen molar-refractivity contribution in [2.45, 2.75) is 6.18 Å². The van der Waals surface area contributed by atoms with Gasteiger partial charge in [0.25, 0.3) is 5.91 Å². The van der Waals surface area contributed by atoms with E-state index in [0.29, 0.717) is 5.39 Å². The minimum Gasteiger partial charge on any atom is -0.395 e. The first-order valence-corrected chi connectivity index (χ1v) is 7.54. The SMILES string of the molecule is O=C(NCCO)c1ccc(F)c(-c2cc(C(F)(F)F)cc3[nH]ncc23)c1. The van der Waals surface area contributed by atoms with Crippen LogP contribution >= 0.6 is 0 Å². The standard InChI is InChI=1S/C17H13F4N3O2/c18-14-2-1-9(16(26)22-3-4-25)5-12(14)11-6-10(17(19,20)21)7-15-13(11)8-23-24-15/h1-2,5-8,25H,3-4H2,(H,22,26)(H,23,24). The normalized spacial score (nSPS) is 11.7. The Morgan fingerprint density at radius 2 is 1.96 bits per heavy atom. The number of benzene rings is 2. The number of hydrogen-bond donors (Lipinski definition) is 3. The highest BCUT2D eigenvalue weighted by Crippen LogP contribution is 2.37. The summed E-state index contributed by atoms with van der Waals surface area (Å²) in [5.41, 5.74) is -0.982. The van der Waals surface area contributed by atoms with E-state index >= 15 is 0 Å². The first kappa shape index (κ1) is 17.9. The highest BCUT2D eigenvalue weighted by molar-refractivity contribution is 5.99. The molecule has 3 aromatic rings. The van der Waals surface area contributed by atoms with Gasteiger partial charge in [-0.05, 0) is 35.9 Å². The second kappa shape index (κ2) is 6.75. The van der Waals surface area contributed by atoms with Gasteiger partial charge in [-0.3, -0.25) is 9.89 Å². The molecular formula is C17H13F4N3O2. The van der Waals surface area contributed by atoms with Crippen LogP contribution in [0.1, 0.15) is 15.9 Å². The quantitative estimate of drug-likeness (QED) is 0.620. The Morgan fingerprint density at radius 3 is 2.65 bits per heavy atom. The number of aromatic nitrogens is 2. The van der Waals surface area contributed by atoms with Crippen molar-refractivity contribution in [1.29, 1.82) is 0 Å². The fourth-order valence-electron chi connectivity index (χ4n) is 2.58. The third-order valence-electron chi connectivity index (χ3n) is 3.80. The molecule has 0 saturated carbocycles. The van der Waals surface area contributed by atoms with Crippen molar-refractivity contribution in [2.24, 2.45) is 0 Å². The molecule has 0 spiro atoms. The van der Waals surface area contributed by atoms with Gasteiger partial charge >= 0.3 is 6.18 Å². The summed E-state index contributed by atoms with van der Waals surface area (Å²) in [6, 6.07) is 5.11. The van der Waals surface area contributed by atoms with Gasteiger partial charge in [0, 0.05) is 23.1 Å². The van der Waals surface area contributed by atoms with Gasteiger partial charge in [0.2, 0.25) is 0 Å². The molecule has 0 aliphatic carbocycles. The summed E-state index contributed by atoms with van der Waals surface area (Å²) in [6.07, 6.45) is -3.33. The molecule has 0 aliphatic rings. The fourth-order valence-corrected chi connectivity index (χ4v) is 2.58. The van der Waals surface area contributed by atoms with E-state index in [0.717, 1.165) is 18.2 Å². The zero-order valence-electron chi connectivity index (χ0n) is 13.2. The summed E-state index contributed by atoms with van der Waals surface area (Å²) < 4.78 is 53.8. The summed E-state index contributed by atoms with van der Waals surface area (Å²) in [7, 11) is 0.